The van der Waals surface area contributed by atoms with Crippen molar-refractivity contribution in [1.29, 1.82) is 0 Å². The molecule has 0 aliphatic carbocycles. The van der Waals surface area contributed by atoms with E-state index in [0.29, 0.717) is 5.92 Å². The summed E-state index contributed by atoms with van der Waals surface area (Å²) in [6.07, 6.45) is 8.36. The van der Waals surface area contributed by atoms with Gasteiger partial charge in [0, 0.05) is 12.4 Å². The van der Waals surface area contributed by atoms with Crippen LogP contribution in [-0.2, 0) is 0 Å². The molecule has 0 aromatic carbocycles. The highest BCUT2D eigenvalue weighted by Crippen LogP contribution is 2.21. The molecule has 0 N–H and O–H groups in total. The second-order valence-corrected chi connectivity index (χ2v) is 3.68. The maximum Gasteiger partial charge on any atom is 0.0885 e. The SMILES string of the molecule is C=CN=C1C=CC=N/C1=C(\C)C(C)CC. The molecule has 0 amide bonds. The summed E-state index contributed by atoms with van der Waals surface area (Å²) in [5.74, 6) is 0.540. The minimum atomic E-state index is 0.540. The van der Waals surface area contributed by atoms with Gasteiger partial charge in [-0.3, -0.25) is 9.98 Å². The summed E-state index contributed by atoms with van der Waals surface area (Å²) >= 11 is 0. The van der Waals surface area contributed by atoms with Gasteiger partial charge in [-0.1, -0.05) is 20.4 Å². The Balaban J connectivity index is 3.11. The third kappa shape index (κ3) is 2.75. The molecule has 0 fully saturated rings. The van der Waals surface area contributed by atoms with E-state index in [-0.39, 0.29) is 0 Å². The van der Waals surface area contributed by atoms with Crippen LogP contribution >= 0.6 is 0 Å². The van der Waals surface area contributed by atoms with Crippen LogP contribution in [0.15, 0.2) is 46.2 Å². The second-order valence-electron chi connectivity index (χ2n) is 3.68. The average Bonchev–Trinajstić information content (AvgIpc) is 2.28. The normalized spacial score (nSPS) is 23.0. The van der Waals surface area contributed by atoms with Crippen molar-refractivity contribution in [1.82, 2.24) is 0 Å². The molecular formula is C13H18N2. The predicted molar refractivity (Wildman–Crippen MR) is 67.4 cm³/mol. The highest BCUT2D eigenvalue weighted by molar-refractivity contribution is 6.13. The molecular weight excluding hydrogens is 184 g/mol. The predicted octanol–water partition coefficient (Wildman–Crippen LogP) is 3.53. The topological polar surface area (TPSA) is 24.7 Å². The molecule has 2 nitrogen and oxygen atoms in total. The molecule has 1 unspecified atom stereocenters. The van der Waals surface area contributed by atoms with Crippen LogP contribution in [0.3, 0.4) is 0 Å². The molecule has 1 heterocycles. The third-order valence-corrected chi connectivity index (χ3v) is 2.74. The Labute approximate surface area is 91.8 Å². The smallest absolute Gasteiger partial charge is 0.0885 e. The summed E-state index contributed by atoms with van der Waals surface area (Å²) in [4.78, 5) is 8.61. The van der Waals surface area contributed by atoms with E-state index < -0.39 is 0 Å². The summed E-state index contributed by atoms with van der Waals surface area (Å²) in [6, 6.07) is 0. The monoisotopic (exact) mass is 202 g/mol. The number of dihydropyridines is 1. The number of rotatable bonds is 3. The van der Waals surface area contributed by atoms with Crippen LogP contribution < -0.4 is 0 Å². The zero-order chi connectivity index (χ0) is 11.3. The van der Waals surface area contributed by atoms with Crippen molar-refractivity contribution in [3.05, 3.63) is 36.2 Å². The number of allylic oxidation sites excluding steroid dienone is 3. The number of hydrogen-bond donors (Lipinski definition) is 0. The first-order valence-corrected chi connectivity index (χ1v) is 5.31. The molecule has 1 aliphatic heterocycles. The van der Waals surface area contributed by atoms with E-state index in [0.717, 1.165) is 17.8 Å². The Morgan fingerprint density at radius 3 is 3.00 bits per heavy atom. The zero-order valence-corrected chi connectivity index (χ0v) is 9.70. The Morgan fingerprint density at radius 2 is 2.40 bits per heavy atom. The lowest BCUT2D eigenvalue weighted by atomic mass is 9.96. The quantitative estimate of drug-likeness (QED) is 0.669. The van der Waals surface area contributed by atoms with E-state index >= 15 is 0 Å². The van der Waals surface area contributed by atoms with Crippen molar-refractivity contribution in [2.75, 3.05) is 0 Å². The van der Waals surface area contributed by atoms with Crippen LogP contribution in [-0.4, -0.2) is 11.9 Å². The minimum absolute atomic E-state index is 0.540. The number of nitrogens with zero attached hydrogens (tertiary/aromatic N) is 2. The number of aliphatic imine (C=N–C) groups is 2. The average molecular weight is 202 g/mol. The van der Waals surface area contributed by atoms with Gasteiger partial charge in [-0.15, -0.1) is 0 Å². The van der Waals surface area contributed by atoms with Crippen LogP contribution in [0.2, 0.25) is 0 Å². The molecule has 0 saturated heterocycles. The molecule has 0 saturated carbocycles. The van der Waals surface area contributed by atoms with Crippen LogP contribution in [0.5, 0.6) is 0 Å². The fourth-order valence-corrected chi connectivity index (χ4v) is 1.44. The van der Waals surface area contributed by atoms with Gasteiger partial charge in [0.2, 0.25) is 0 Å². The molecule has 1 rings (SSSR count). The first-order chi connectivity index (χ1) is 7.20. The van der Waals surface area contributed by atoms with Crippen molar-refractivity contribution in [2.24, 2.45) is 15.9 Å². The fraction of sp³-hybridized carbons (Fsp3) is 0.385. The van der Waals surface area contributed by atoms with Crippen LogP contribution in [0.1, 0.15) is 27.2 Å². The Kier molecular flexibility index (Phi) is 4.22. The van der Waals surface area contributed by atoms with Gasteiger partial charge >= 0.3 is 0 Å². The summed E-state index contributed by atoms with van der Waals surface area (Å²) in [5, 5.41) is 0. The largest absolute Gasteiger partial charge is 0.255 e. The zero-order valence-electron chi connectivity index (χ0n) is 9.70. The van der Waals surface area contributed by atoms with Crippen molar-refractivity contribution < 1.29 is 0 Å². The molecule has 0 radical (unpaired) electrons. The van der Waals surface area contributed by atoms with Gasteiger partial charge in [-0.25, -0.2) is 0 Å². The van der Waals surface area contributed by atoms with Crippen LogP contribution in [0, 0.1) is 5.92 Å². The van der Waals surface area contributed by atoms with Crippen molar-refractivity contribution in [2.45, 2.75) is 27.2 Å². The highest BCUT2D eigenvalue weighted by Gasteiger charge is 2.12. The second kappa shape index (κ2) is 5.44. The molecule has 0 aromatic rings. The Morgan fingerprint density at radius 1 is 1.67 bits per heavy atom. The van der Waals surface area contributed by atoms with Gasteiger partial charge in [0.05, 0.1) is 11.4 Å². The molecule has 0 spiro atoms. The standard InChI is InChI=1S/C13H18N2/c1-5-10(3)11(4)13-12(14-6-2)8-7-9-15-13/h6-10H,2,5H2,1,3-4H3/b13-11+,14-12?. The fourth-order valence-electron chi connectivity index (χ4n) is 1.44. The number of hydrogen-bond acceptors (Lipinski definition) is 2. The van der Waals surface area contributed by atoms with Crippen molar-refractivity contribution in [3.63, 3.8) is 0 Å². The van der Waals surface area contributed by atoms with Gasteiger partial charge in [0.25, 0.3) is 0 Å². The van der Waals surface area contributed by atoms with Gasteiger partial charge in [0.15, 0.2) is 0 Å². The molecule has 80 valence electrons. The summed E-state index contributed by atoms with van der Waals surface area (Å²) in [7, 11) is 0. The first-order valence-electron chi connectivity index (χ1n) is 5.31. The van der Waals surface area contributed by atoms with E-state index in [1.807, 2.05) is 18.4 Å². The molecule has 1 atom stereocenters. The first kappa shape index (κ1) is 11.6. The summed E-state index contributed by atoms with van der Waals surface area (Å²) < 4.78 is 0. The molecule has 1 aliphatic rings. The Hall–Kier alpha value is -1.44. The van der Waals surface area contributed by atoms with Crippen LogP contribution in [0.4, 0.5) is 0 Å². The molecule has 0 bridgehead atoms. The van der Waals surface area contributed by atoms with E-state index in [4.69, 9.17) is 0 Å². The van der Waals surface area contributed by atoms with Gasteiger partial charge in [0.1, 0.15) is 0 Å². The van der Waals surface area contributed by atoms with Gasteiger partial charge < -0.3 is 0 Å². The lowest BCUT2D eigenvalue weighted by Gasteiger charge is -2.14. The van der Waals surface area contributed by atoms with E-state index in [9.17, 15) is 0 Å². The molecule has 15 heavy (non-hydrogen) atoms. The lowest BCUT2D eigenvalue weighted by Crippen LogP contribution is -2.07. The minimum Gasteiger partial charge on any atom is -0.255 e. The van der Waals surface area contributed by atoms with E-state index in [1.165, 1.54) is 5.57 Å². The van der Waals surface area contributed by atoms with E-state index in [2.05, 4.69) is 37.3 Å². The maximum atomic E-state index is 4.39. The van der Waals surface area contributed by atoms with Crippen molar-refractivity contribution >= 4 is 11.9 Å². The molecule has 0 aromatic heterocycles. The van der Waals surface area contributed by atoms with Gasteiger partial charge in [-0.2, -0.15) is 0 Å². The molecule has 2 heteroatoms. The Bertz CT molecular complexity index is 357. The van der Waals surface area contributed by atoms with Gasteiger partial charge in [-0.05, 0) is 37.0 Å². The van der Waals surface area contributed by atoms with E-state index in [1.54, 1.807) is 6.20 Å². The van der Waals surface area contributed by atoms with Crippen molar-refractivity contribution in [3.8, 4) is 0 Å². The maximum absolute atomic E-state index is 4.39. The summed E-state index contributed by atoms with van der Waals surface area (Å²) in [6.45, 7) is 10.1. The third-order valence-electron chi connectivity index (χ3n) is 2.74. The highest BCUT2D eigenvalue weighted by atomic mass is 14.8. The van der Waals surface area contributed by atoms with Crippen LogP contribution in [0.25, 0.3) is 0 Å². The summed E-state index contributed by atoms with van der Waals surface area (Å²) in [5.41, 5.74) is 3.19. The lowest BCUT2D eigenvalue weighted by molar-refractivity contribution is 0.651.